The van der Waals surface area contributed by atoms with Crippen molar-refractivity contribution >= 4 is 0 Å². The molecule has 0 bridgehead atoms. The Morgan fingerprint density at radius 2 is 2.00 bits per heavy atom. The minimum Gasteiger partial charge on any atom is -0.308 e. The normalized spacial score (nSPS) is 13.5. The fourth-order valence-corrected chi connectivity index (χ4v) is 0.586. The molecule has 0 spiro atoms. The highest BCUT2D eigenvalue weighted by atomic mass is 19.4. The Morgan fingerprint density at radius 1 is 1.45 bits per heavy atom. The second kappa shape index (κ2) is 4.24. The summed E-state index contributed by atoms with van der Waals surface area (Å²) in [5.41, 5.74) is 0. The minimum absolute atomic E-state index is 0.184. The maximum Gasteiger partial charge on any atom is 0.404 e. The summed E-state index contributed by atoms with van der Waals surface area (Å²) >= 11 is 0. The SMILES string of the molecule is CC#CCC(NC)C(F)(F)F. The predicted molar refractivity (Wildman–Crippen MR) is 37.0 cm³/mol. The predicted octanol–water partition coefficient (Wildman–Crippen LogP) is 1.55. The van der Waals surface area contributed by atoms with Crippen LogP contribution in [-0.2, 0) is 0 Å². The monoisotopic (exact) mass is 165 g/mol. The Labute approximate surface area is 64.0 Å². The van der Waals surface area contributed by atoms with E-state index in [0.717, 1.165) is 0 Å². The van der Waals surface area contributed by atoms with E-state index < -0.39 is 12.2 Å². The lowest BCUT2D eigenvalue weighted by Crippen LogP contribution is -2.39. The molecule has 1 N–H and O–H groups in total. The summed E-state index contributed by atoms with van der Waals surface area (Å²) in [6, 6.07) is -1.50. The van der Waals surface area contributed by atoms with Crippen LogP contribution in [0.1, 0.15) is 13.3 Å². The molecule has 0 aromatic rings. The van der Waals surface area contributed by atoms with Crippen molar-refractivity contribution in [3.63, 3.8) is 0 Å². The topological polar surface area (TPSA) is 12.0 Å². The molecule has 0 saturated heterocycles. The lowest BCUT2D eigenvalue weighted by Gasteiger charge is -2.16. The zero-order valence-electron chi connectivity index (χ0n) is 6.42. The quantitative estimate of drug-likeness (QED) is 0.612. The molecule has 0 aliphatic heterocycles. The summed E-state index contributed by atoms with van der Waals surface area (Å²) in [5.74, 6) is 4.79. The average Bonchev–Trinajstić information content (AvgIpc) is 1.87. The van der Waals surface area contributed by atoms with Crippen LogP contribution < -0.4 is 5.32 Å². The third kappa shape index (κ3) is 3.89. The lowest BCUT2D eigenvalue weighted by molar-refractivity contribution is -0.153. The highest BCUT2D eigenvalue weighted by Gasteiger charge is 2.37. The first-order chi connectivity index (χ1) is 5.02. The maximum absolute atomic E-state index is 11.9. The van der Waals surface area contributed by atoms with Gasteiger partial charge >= 0.3 is 6.18 Å². The number of nitrogens with one attached hydrogen (secondary N) is 1. The van der Waals surface area contributed by atoms with Crippen LogP contribution in [0.3, 0.4) is 0 Å². The summed E-state index contributed by atoms with van der Waals surface area (Å²) in [6.07, 6.45) is -4.38. The van der Waals surface area contributed by atoms with Crippen LogP contribution in [0, 0.1) is 11.8 Å². The highest BCUT2D eigenvalue weighted by Crippen LogP contribution is 2.21. The van der Waals surface area contributed by atoms with Crippen molar-refractivity contribution in [3.8, 4) is 11.8 Å². The van der Waals surface area contributed by atoms with Gasteiger partial charge in [0.2, 0.25) is 0 Å². The molecule has 0 saturated carbocycles. The molecule has 1 unspecified atom stereocenters. The third-order valence-corrected chi connectivity index (χ3v) is 1.23. The molecule has 1 atom stereocenters. The van der Waals surface area contributed by atoms with Gasteiger partial charge in [-0.25, -0.2) is 0 Å². The average molecular weight is 165 g/mol. The van der Waals surface area contributed by atoms with Crippen molar-refractivity contribution in [2.24, 2.45) is 0 Å². The Hall–Kier alpha value is -0.690. The summed E-state index contributed by atoms with van der Waals surface area (Å²) in [7, 11) is 1.27. The number of alkyl halides is 3. The van der Waals surface area contributed by atoms with Crippen LogP contribution in [0.2, 0.25) is 0 Å². The number of hydrogen-bond donors (Lipinski definition) is 1. The van der Waals surface area contributed by atoms with Crippen molar-refractivity contribution in [2.45, 2.75) is 25.6 Å². The molecule has 0 aliphatic rings. The first kappa shape index (κ1) is 10.3. The first-order valence-electron chi connectivity index (χ1n) is 3.16. The molecule has 0 aliphatic carbocycles. The fourth-order valence-electron chi connectivity index (χ4n) is 0.586. The second-order valence-corrected chi connectivity index (χ2v) is 2.01. The summed E-state index contributed by atoms with van der Waals surface area (Å²) in [5, 5.41) is 2.15. The van der Waals surface area contributed by atoms with E-state index in [2.05, 4.69) is 17.2 Å². The van der Waals surface area contributed by atoms with Gasteiger partial charge in [-0.3, -0.25) is 0 Å². The standard InChI is InChI=1S/C7H10F3N/c1-3-4-5-6(11-2)7(8,9)10/h6,11H,5H2,1-2H3. The molecular formula is C7H10F3N. The largest absolute Gasteiger partial charge is 0.404 e. The van der Waals surface area contributed by atoms with Crippen LogP contribution in [-0.4, -0.2) is 19.3 Å². The van der Waals surface area contributed by atoms with E-state index in [-0.39, 0.29) is 6.42 Å². The van der Waals surface area contributed by atoms with E-state index in [1.807, 2.05) is 0 Å². The van der Waals surface area contributed by atoms with Gasteiger partial charge in [0, 0.05) is 6.42 Å². The van der Waals surface area contributed by atoms with Gasteiger partial charge in [0.25, 0.3) is 0 Å². The second-order valence-electron chi connectivity index (χ2n) is 2.01. The van der Waals surface area contributed by atoms with Gasteiger partial charge in [0.05, 0.1) is 0 Å². The van der Waals surface area contributed by atoms with Crippen molar-refractivity contribution in [1.82, 2.24) is 5.32 Å². The van der Waals surface area contributed by atoms with Gasteiger partial charge in [0.1, 0.15) is 6.04 Å². The number of rotatable bonds is 2. The van der Waals surface area contributed by atoms with Crippen molar-refractivity contribution in [1.29, 1.82) is 0 Å². The Kier molecular flexibility index (Phi) is 3.98. The van der Waals surface area contributed by atoms with E-state index in [1.54, 1.807) is 0 Å². The van der Waals surface area contributed by atoms with Gasteiger partial charge < -0.3 is 5.32 Å². The lowest BCUT2D eigenvalue weighted by atomic mass is 10.2. The third-order valence-electron chi connectivity index (χ3n) is 1.23. The number of hydrogen-bond acceptors (Lipinski definition) is 1. The van der Waals surface area contributed by atoms with E-state index in [4.69, 9.17) is 0 Å². The van der Waals surface area contributed by atoms with Gasteiger partial charge in [-0.2, -0.15) is 13.2 Å². The minimum atomic E-state index is -4.20. The van der Waals surface area contributed by atoms with Crippen LogP contribution >= 0.6 is 0 Å². The summed E-state index contributed by atoms with van der Waals surface area (Å²) < 4.78 is 35.7. The Balaban J connectivity index is 4.03. The van der Waals surface area contributed by atoms with E-state index in [9.17, 15) is 13.2 Å². The molecule has 0 amide bonds. The molecule has 0 heterocycles. The molecule has 4 heteroatoms. The van der Waals surface area contributed by atoms with Crippen LogP contribution in [0.25, 0.3) is 0 Å². The maximum atomic E-state index is 11.9. The molecule has 0 rings (SSSR count). The zero-order chi connectivity index (χ0) is 8.91. The van der Waals surface area contributed by atoms with Gasteiger partial charge in [-0.15, -0.1) is 11.8 Å². The molecule has 64 valence electrons. The van der Waals surface area contributed by atoms with Crippen LogP contribution in [0.4, 0.5) is 13.2 Å². The smallest absolute Gasteiger partial charge is 0.308 e. The molecule has 11 heavy (non-hydrogen) atoms. The van der Waals surface area contributed by atoms with Crippen LogP contribution in [0.5, 0.6) is 0 Å². The highest BCUT2D eigenvalue weighted by molar-refractivity contribution is 4.99. The van der Waals surface area contributed by atoms with Gasteiger partial charge in [-0.1, -0.05) is 0 Å². The molecule has 1 nitrogen and oxygen atoms in total. The van der Waals surface area contributed by atoms with Crippen molar-refractivity contribution < 1.29 is 13.2 Å². The van der Waals surface area contributed by atoms with Crippen molar-refractivity contribution in [3.05, 3.63) is 0 Å². The van der Waals surface area contributed by atoms with E-state index in [0.29, 0.717) is 0 Å². The number of halogens is 3. The molecular weight excluding hydrogens is 155 g/mol. The fraction of sp³-hybridized carbons (Fsp3) is 0.714. The summed E-state index contributed by atoms with van der Waals surface area (Å²) in [4.78, 5) is 0. The molecule has 0 fully saturated rings. The molecule has 0 aromatic heterocycles. The van der Waals surface area contributed by atoms with Crippen molar-refractivity contribution in [2.75, 3.05) is 7.05 Å². The van der Waals surface area contributed by atoms with E-state index >= 15 is 0 Å². The Morgan fingerprint density at radius 3 is 2.27 bits per heavy atom. The molecule has 0 aromatic carbocycles. The Bertz CT molecular complexity index is 163. The first-order valence-corrected chi connectivity index (χ1v) is 3.16. The van der Waals surface area contributed by atoms with E-state index in [1.165, 1.54) is 14.0 Å². The van der Waals surface area contributed by atoms with Crippen LogP contribution in [0.15, 0.2) is 0 Å². The zero-order valence-corrected chi connectivity index (χ0v) is 6.42. The summed E-state index contributed by atoms with van der Waals surface area (Å²) in [6.45, 7) is 1.52. The molecule has 0 radical (unpaired) electrons. The van der Waals surface area contributed by atoms with Gasteiger partial charge in [0.15, 0.2) is 0 Å². The van der Waals surface area contributed by atoms with Gasteiger partial charge in [-0.05, 0) is 14.0 Å².